The highest BCUT2D eigenvalue weighted by Crippen LogP contribution is 2.29. The predicted octanol–water partition coefficient (Wildman–Crippen LogP) is 2.15. The number of piperidine rings is 1. The molecule has 2 aromatic rings. The second-order valence-electron chi connectivity index (χ2n) is 6.91. The molecule has 1 aliphatic carbocycles. The summed E-state index contributed by atoms with van der Waals surface area (Å²) in [6.45, 7) is 5.80. The van der Waals surface area contributed by atoms with E-state index in [0.29, 0.717) is 0 Å². The van der Waals surface area contributed by atoms with Crippen LogP contribution in [0.5, 0.6) is 0 Å². The molecule has 2 aliphatic rings. The highest BCUT2D eigenvalue weighted by atomic mass is 127. The molecule has 25 heavy (non-hydrogen) atoms. The maximum atomic E-state index is 2.63. The van der Waals surface area contributed by atoms with Crippen molar-refractivity contribution in [3.63, 3.8) is 0 Å². The molecule has 0 saturated carbocycles. The summed E-state index contributed by atoms with van der Waals surface area (Å²) in [4.78, 5) is 2.63. The zero-order valence-corrected chi connectivity index (χ0v) is 18.0. The topological polar surface area (TPSA) is 7.12 Å². The molecule has 1 saturated heterocycles. The fourth-order valence-corrected chi connectivity index (χ4v) is 5.22. The Bertz CT molecular complexity index is 784. The summed E-state index contributed by atoms with van der Waals surface area (Å²) in [5.74, 6) is 0. The Morgan fingerprint density at radius 1 is 1.08 bits per heavy atom. The van der Waals surface area contributed by atoms with Crippen molar-refractivity contribution in [1.82, 2.24) is 4.90 Å². The highest BCUT2D eigenvalue weighted by molar-refractivity contribution is 7.18. The highest BCUT2D eigenvalue weighted by Gasteiger charge is 2.20. The summed E-state index contributed by atoms with van der Waals surface area (Å²) < 4.78 is 3.85. The summed E-state index contributed by atoms with van der Waals surface area (Å²) in [7, 11) is 0. The summed E-state index contributed by atoms with van der Waals surface area (Å²) in [6.07, 6.45) is 12.8. The van der Waals surface area contributed by atoms with E-state index in [4.69, 9.17) is 0 Å². The fraction of sp³-hybridized carbons (Fsp3) is 0.476. The molecular formula is C21H27IN2S. The van der Waals surface area contributed by atoms with Gasteiger partial charge in [0.05, 0.1) is 0 Å². The number of hydrogen-bond acceptors (Lipinski definition) is 2. The van der Waals surface area contributed by atoms with E-state index < -0.39 is 0 Å². The van der Waals surface area contributed by atoms with Gasteiger partial charge in [-0.25, -0.2) is 0 Å². The zero-order valence-electron chi connectivity index (χ0n) is 15.0. The molecule has 4 rings (SSSR count). The first kappa shape index (κ1) is 18.9. The number of nitrogens with zero attached hydrogens (tertiary/aromatic N) is 2. The maximum absolute atomic E-state index is 2.63. The molecule has 0 bridgehead atoms. The van der Waals surface area contributed by atoms with Gasteiger partial charge in [-0.1, -0.05) is 23.5 Å². The minimum Gasteiger partial charge on any atom is -1.00 e. The lowest BCUT2D eigenvalue weighted by Crippen LogP contribution is -3.00. The van der Waals surface area contributed by atoms with Gasteiger partial charge in [-0.3, -0.25) is 0 Å². The predicted molar refractivity (Wildman–Crippen MR) is 103 cm³/mol. The van der Waals surface area contributed by atoms with E-state index in [9.17, 15) is 0 Å². The molecule has 0 atom stereocenters. The lowest BCUT2D eigenvalue weighted by Gasteiger charge is -2.33. The van der Waals surface area contributed by atoms with Crippen LogP contribution in [0.4, 0.5) is 0 Å². The van der Waals surface area contributed by atoms with Gasteiger partial charge in [0.1, 0.15) is 11.2 Å². The molecule has 1 fully saturated rings. The fourth-order valence-electron chi connectivity index (χ4n) is 4.02. The third-order valence-electron chi connectivity index (χ3n) is 5.27. The Hall–Kier alpha value is -0.880. The average molecular weight is 466 g/mol. The van der Waals surface area contributed by atoms with Crippen molar-refractivity contribution in [2.75, 3.05) is 13.1 Å². The van der Waals surface area contributed by atoms with Crippen molar-refractivity contribution in [3.8, 4) is 0 Å². The van der Waals surface area contributed by atoms with Crippen LogP contribution in [0.3, 0.4) is 0 Å². The van der Waals surface area contributed by atoms with Gasteiger partial charge in [0.15, 0.2) is 0 Å². The number of likely N-dealkylation sites (tertiary alicyclic amines) is 1. The molecule has 0 amide bonds. The summed E-state index contributed by atoms with van der Waals surface area (Å²) in [6, 6.07) is 8.77. The molecule has 134 valence electrons. The second kappa shape index (κ2) is 8.67. The number of benzene rings is 1. The quantitative estimate of drug-likeness (QED) is 0.497. The molecule has 0 unspecified atom stereocenters. The van der Waals surface area contributed by atoms with E-state index in [2.05, 4.69) is 52.8 Å². The minimum absolute atomic E-state index is 0. The summed E-state index contributed by atoms with van der Waals surface area (Å²) in [5.41, 5.74) is 4.46. The van der Waals surface area contributed by atoms with Gasteiger partial charge in [-0.2, -0.15) is 4.57 Å². The normalized spacial score (nSPS) is 19.8. The number of hydrogen-bond donors (Lipinski definition) is 0. The molecule has 2 heterocycles. The van der Waals surface area contributed by atoms with E-state index in [1.165, 1.54) is 72.4 Å². The van der Waals surface area contributed by atoms with E-state index in [1.807, 2.05) is 11.3 Å². The van der Waals surface area contributed by atoms with Crippen LogP contribution in [0.2, 0.25) is 0 Å². The average Bonchev–Trinajstić information content (AvgIpc) is 2.99. The van der Waals surface area contributed by atoms with Crippen LogP contribution in [-0.4, -0.2) is 18.0 Å². The molecule has 1 aliphatic heterocycles. The first-order chi connectivity index (χ1) is 11.8. The molecule has 0 N–H and O–H groups in total. The van der Waals surface area contributed by atoms with E-state index >= 15 is 0 Å². The van der Waals surface area contributed by atoms with E-state index in [-0.39, 0.29) is 24.0 Å². The van der Waals surface area contributed by atoms with Gasteiger partial charge < -0.3 is 28.9 Å². The molecule has 4 heteroatoms. The zero-order chi connectivity index (χ0) is 16.4. The number of rotatable bonds is 3. The van der Waals surface area contributed by atoms with Gasteiger partial charge in [0, 0.05) is 30.9 Å². The van der Waals surface area contributed by atoms with Gasteiger partial charge >= 0.3 is 0 Å². The summed E-state index contributed by atoms with van der Waals surface area (Å²) in [5, 5.41) is 1.39. The Morgan fingerprint density at radius 3 is 2.68 bits per heavy atom. The number of allylic oxidation sites excluding steroid dienone is 3. The van der Waals surface area contributed by atoms with Gasteiger partial charge in [0.25, 0.3) is 5.01 Å². The van der Waals surface area contributed by atoms with Crippen molar-refractivity contribution in [3.05, 3.63) is 46.6 Å². The third kappa shape index (κ3) is 4.11. The first-order valence-corrected chi connectivity index (χ1v) is 10.2. The molecule has 1 aromatic carbocycles. The van der Waals surface area contributed by atoms with Crippen molar-refractivity contribution in [1.29, 1.82) is 0 Å². The van der Waals surface area contributed by atoms with Crippen LogP contribution in [0.15, 0.2) is 41.6 Å². The molecule has 1 aromatic heterocycles. The number of fused-ring (bicyclic) bond motifs is 1. The SMILES string of the molecule is CC[n+]1c(/C=C2/C=C(N3CCCCC3)CCC2)sc2ccccc21.[I-]. The third-order valence-corrected chi connectivity index (χ3v) is 6.39. The smallest absolute Gasteiger partial charge is 0.263 e. The number of thiazole rings is 1. The minimum atomic E-state index is 0. The van der Waals surface area contributed by atoms with Crippen LogP contribution in [0.1, 0.15) is 50.5 Å². The molecular weight excluding hydrogens is 439 g/mol. The van der Waals surface area contributed by atoms with Gasteiger partial charge in [-0.05, 0) is 63.2 Å². The van der Waals surface area contributed by atoms with Gasteiger partial charge in [-0.15, -0.1) is 0 Å². The number of aryl methyl sites for hydroxylation is 1. The second-order valence-corrected chi connectivity index (χ2v) is 7.97. The van der Waals surface area contributed by atoms with Crippen LogP contribution >= 0.6 is 11.3 Å². The number of aromatic nitrogens is 1. The van der Waals surface area contributed by atoms with Gasteiger partial charge in [0.2, 0.25) is 5.52 Å². The Morgan fingerprint density at radius 2 is 1.88 bits per heavy atom. The van der Waals surface area contributed by atoms with Crippen molar-refractivity contribution < 1.29 is 28.5 Å². The standard InChI is InChI=1S/C21H27N2S.HI/c1-2-23-19-11-4-5-12-20(19)24-21(23)16-17-9-8-10-18(15-17)22-13-6-3-7-14-22;/h4-5,11-12,15-16H,2-3,6-10,13-14H2,1H3;1H/q+1;/p-1. The number of para-hydroxylation sites is 1. The van der Waals surface area contributed by atoms with Crippen LogP contribution in [0, 0.1) is 0 Å². The van der Waals surface area contributed by atoms with Crippen LogP contribution in [-0.2, 0) is 6.54 Å². The van der Waals surface area contributed by atoms with Crippen molar-refractivity contribution in [2.45, 2.75) is 52.0 Å². The molecule has 0 spiro atoms. The molecule has 2 nitrogen and oxygen atoms in total. The number of halogens is 1. The van der Waals surface area contributed by atoms with Crippen molar-refractivity contribution >= 4 is 27.6 Å². The Balaban J connectivity index is 0.00000182. The van der Waals surface area contributed by atoms with Crippen LogP contribution in [0.25, 0.3) is 16.3 Å². The Labute approximate surface area is 172 Å². The lowest BCUT2D eigenvalue weighted by molar-refractivity contribution is -0.665. The van der Waals surface area contributed by atoms with Crippen molar-refractivity contribution in [2.24, 2.45) is 0 Å². The largest absolute Gasteiger partial charge is 1.00 e. The summed E-state index contributed by atoms with van der Waals surface area (Å²) >= 11 is 1.92. The lowest BCUT2D eigenvalue weighted by atomic mass is 9.97. The van der Waals surface area contributed by atoms with E-state index in [1.54, 1.807) is 5.70 Å². The van der Waals surface area contributed by atoms with E-state index in [0.717, 1.165) is 6.54 Å². The maximum Gasteiger partial charge on any atom is 0.263 e. The van der Waals surface area contributed by atoms with Crippen LogP contribution < -0.4 is 28.5 Å². The molecule has 0 radical (unpaired) electrons. The Kier molecular flexibility index (Phi) is 6.55. The first-order valence-electron chi connectivity index (χ1n) is 9.42. The monoisotopic (exact) mass is 466 g/mol.